The molecule has 0 amide bonds. The third-order valence-corrected chi connectivity index (χ3v) is 2.21. The Morgan fingerprint density at radius 3 is 2.94 bits per heavy atom. The number of hydrogen-bond donors (Lipinski definition) is 2. The van der Waals surface area contributed by atoms with Gasteiger partial charge in [0.1, 0.15) is 22.9 Å². The van der Waals surface area contributed by atoms with Crippen LogP contribution in [0.3, 0.4) is 0 Å². The molecule has 0 bridgehead atoms. The van der Waals surface area contributed by atoms with E-state index in [1.165, 1.54) is 6.07 Å². The van der Waals surface area contributed by atoms with Crippen molar-refractivity contribution in [3.63, 3.8) is 0 Å². The van der Waals surface area contributed by atoms with Crippen LogP contribution in [-0.2, 0) is 6.54 Å². The molecular formula is C11H11N3O3. The fourth-order valence-corrected chi connectivity index (χ4v) is 1.41. The molecule has 88 valence electrons. The summed E-state index contributed by atoms with van der Waals surface area (Å²) < 4.78 is 5.31. The quantitative estimate of drug-likeness (QED) is 0.835. The van der Waals surface area contributed by atoms with Gasteiger partial charge in [-0.3, -0.25) is 4.98 Å². The summed E-state index contributed by atoms with van der Waals surface area (Å²) in [5.74, 6) is 0.564. The monoisotopic (exact) mass is 233 g/mol. The minimum atomic E-state index is -0.989. The van der Waals surface area contributed by atoms with Gasteiger partial charge in [-0.05, 0) is 13.0 Å². The smallest absolute Gasteiger partial charge is 0.339 e. The molecule has 0 atom stereocenters. The van der Waals surface area contributed by atoms with Crippen molar-refractivity contribution in [2.45, 2.75) is 13.5 Å². The average molecular weight is 233 g/mol. The van der Waals surface area contributed by atoms with E-state index in [4.69, 9.17) is 9.52 Å². The van der Waals surface area contributed by atoms with Crippen molar-refractivity contribution < 1.29 is 14.3 Å². The summed E-state index contributed by atoms with van der Waals surface area (Å²) in [6.07, 6.45) is 4.72. The maximum Gasteiger partial charge on any atom is 0.339 e. The number of nitrogens with one attached hydrogen (secondary N) is 1. The summed E-state index contributed by atoms with van der Waals surface area (Å²) in [6.45, 7) is 1.99. The Morgan fingerprint density at radius 1 is 1.53 bits per heavy atom. The van der Waals surface area contributed by atoms with Crippen LogP contribution in [0.5, 0.6) is 0 Å². The van der Waals surface area contributed by atoms with Gasteiger partial charge >= 0.3 is 5.97 Å². The maximum atomic E-state index is 10.8. The second-order valence-electron chi connectivity index (χ2n) is 3.43. The first-order valence-electron chi connectivity index (χ1n) is 4.99. The predicted octanol–water partition coefficient (Wildman–Crippen LogP) is 1.69. The number of anilines is 1. The van der Waals surface area contributed by atoms with Crippen LogP contribution in [0, 0.1) is 6.92 Å². The number of carboxylic acid groups (broad SMARTS) is 1. The van der Waals surface area contributed by atoms with Gasteiger partial charge in [0.15, 0.2) is 0 Å². The summed E-state index contributed by atoms with van der Waals surface area (Å²) in [5, 5.41) is 11.8. The van der Waals surface area contributed by atoms with Crippen molar-refractivity contribution >= 4 is 11.8 Å². The number of aryl methyl sites for hydroxylation is 1. The highest BCUT2D eigenvalue weighted by atomic mass is 16.4. The third-order valence-electron chi connectivity index (χ3n) is 2.21. The van der Waals surface area contributed by atoms with Crippen LogP contribution in [0.25, 0.3) is 0 Å². The van der Waals surface area contributed by atoms with Gasteiger partial charge in [-0.1, -0.05) is 0 Å². The molecule has 2 heterocycles. The van der Waals surface area contributed by atoms with Crippen molar-refractivity contribution in [1.29, 1.82) is 0 Å². The normalized spacial score (nSPS) is 10.2. The van der Waals surface area contributed by atoms with Crippen LogP contribution < -0.4 is 5.32 Å². The van der Waals surface area contributed by atoms with Crippen LogP contribution in [0.4, 0.5) is 5.82 Å². The van der Waals surface area contributed by atoms with Crippen molar-refractivity contribution in [2.75, 3.05) is 5.32 Å². The molecule has 0 aliphatic rings. The first-order valence-corrected chi connectivity index (χ1v) is 4.99. The molecule has 0 radical (unpaired) electrons. The number of rotatable bonds is 4. The highest BCUT2D eigenvalue weighted by Gasteiger charge is 2.13. The van der Waals surface area contributed by atoms with Crippen LogP contribution >= 0.6 is 0 Å². The Hall–Kier alpha value is -2.37. The van der Waals surface area contributed by atoms with Gasteiger partial charge in [0.2, 0.25) is 0 Å². The molecular weight excluding hydrogens is 222 g/mol. The van der Waals surface area contributed by atoms with Crippen molar-refractivity contribution in [3.05, 3.63) is 41.7 Å². The molecule has 6 heteroatoms. The van der Waals surface area contributed by atoms with E-state index in [1.807, 2.05) is 0 Å². The highest BCUT2D eigenvalue weighted by Crippen LogP contribution is 2.15. The topological polar surface area (TPSA) is 88.3 Å². The number of nitrogens with zero attached hydrogens (tertiary/aromatic N) is 2. The SMILES string of the molecule is Cc1oc(CNc2cnccn2)cc1C(=O)O. The zero-order valence-electron chi connectivity index (χ0n) is 9.17. The molecule has 2 aromatic heterocycles. The summed E-state index contributed by atoms with van der Waals surface area (Å²) in [5.41, 5.74) is 0.181. The summed E-state index contributed by atoms with van der Waals surface area (Å²) in [4.78, 5) is 18.7. The van der Waals surface area contributed by atoms with E-state index < -0.39 is 5.97 Å². The van der Waals surface area contributed by atoms with E-state index >= 15 is 0 Å². The predicted molar refractivity (Wildman–Crippen MR) is 59.8 cm³/mol. The van der Waals surface area contributed by atoms with Crippen LogP contribution in [-0.4, -0.2) is 21.0 Å². The van der Waals surface area contributed by atoms with E-state index in [2.05, 4.69) is 15.3 Å². The first-order chi connectivity index (χ1) is 8.16. The van der Waals surface area contributed by atoms with Crippen LogP contribution in [0.15, 0.2) is 29.1 Å². The van der Waals surface area contributed by atoms with Crippen LogP contribution in [0.2, 0.25) is 0 Å². The zero-order chi connectivity index (χ0) is 12.3. The highest BCUT2D eigenvalue weighted by molar-refractivity contribution is 5.88. The average Bonchev–Trinajstić information content (AvgIpc) is 2.69. The molecule has 0 aliphatic carbocycles. The molecule has 0 fully saturated rings. The fraction of sp³-hybridized carbons (Fsp3) is 0.182. The lowest BCUT2D eigenvalue weighted by Gasteiger charge is -2.01. The van der Waals surface area contributed by atoms with Gasteiger partial charge in [-0.2, -0.15) is 0 Å². The lowest BCUT2D eigenvalue weighted by molar-refractivity contribution is 0.0695. The Labute approximate surface area is 97.3 Å². The molecule has 0 spiro atoms. The summed E-state index contributed by atoms with van der Waals surface area (Å²) in [6, 6.07) is 1.50. The van der Waals surface area contributed by atoms with E-state index in [0.29, 0.717) is 23.9 Å². The van der Waals surface area contributed by atoms with Gasteiger partial charge in [-0.15, -0.1) is 0 Å². The number of aromatic nitrogens is 2. The lowest BCUT2D eigenvalue weighted by Crippen LogP contribution is -2.00. The molecule has 0 aliphatic heterocycles. The molecule has 0 saturated heterocycles. The number of aromatic carboxylic acids is 1. The fourth-order valence-electron chi connectivity index (χ4n) is 1.41. The van der Waals surface area contributed by atoms with Gasteiger partial charge in [0.25, 0.3) is 0 Å². The molecule has 2 N–H and O–H groups in total. The second-order valence-corrected chi connectivity index (χ2v) is 3.43. The minimum absolute atomic E-state index is 0.181. The minimum Gasteiger partial charge on any atom is -0.478 e. The van der Waals surface area contributed by atoms with Gasteiger partial charge in [0.05, 0.1) is 12.7 Å². The van der Waals surface area contributed by atoms with Crippen LogP contribution in [0.1, 0.15) is 21.9 Å². The molecule has 17 heavy (non-hydrogen) atoms. The van der Waals surface area contributed by atoms with Gasteiger partial charge in [0, 0.05) is 12.4 Å². The molecule has 0 saturated carbocycles. The van der Waals surface area contributed by atoms with E-state index in [0.717, 1.165) is 0 Å². The molecule has 2 aromatic rings. The largest absolute Gasteiger partial charge is 0.478 e. The third kappa shape index (κ3) is 2.60. The summed E-state index contributed by atoms with van der Waals surface area (Å²) >= 11 is 0. The van der Waals surface area contributed by atoms with Gasteiger partial charge in [-0.25, -0.2) is 9.78 Å². The van der Waals surface area contributed by atoms with E-state index in [-0.39, 0.29) is 5.56 Å². The standard InChI is InChI=1S/C11H11N3O3/c1-7-9(11(15)16)4-8(17-7)5-14-10-6-12-2-3-13-10/h2-4,6H,5H2,1H3,(H,13,14)(H,15,16). The van der Waals surface area contributed by atoms with E-state index in [1.54, 1.807) is 25.5 Å². The van der Waals surface area contributed by atoms with Gasteiger partial charge < -0.3 is 14.8 Å². The second kappa shape index (κ2) is 4.65. The van der Waals surface area contributed by atoms with Crippen molar-refractivity contribution in [3.8, 4) is 0 Å². The molecule has 6 nitrogen and oxygen atoms in total. The Balaban J connectivity index is 2.05. The lowest BCUT2D eigenvalue weighted by atomic mass is 10.2. The number of carbonyl (C=O) groups is 1. The number of carboxylic acids is 1. The molecule has 2 rings (SSSR count). The Kier molecular flexibility index (Phi) is 3.04. The Bertz CT molecular complexity index is 522. The summed E-state index contributed by atoms with van der Waals surface area (Å²) in [7, 11) is 0. The number of hydrogen-bond acceptors (Lipinski definition) is 5. The molecule has 0 aromatic carbocycles. The Morgan fingerprint density at radius 2 is 2.35 bits per heavy atom. The first kappa shape index (κ1) is 11.1. The zero-order valence-corrected chi connectivity index (χ0v) is 9.17. The number of furan rings is 1. The van der Waals surface area contributed by atoms with Crippen molar-refractivity contribution in [2.24, 2.45) is 0 Å². The maximum absolute atomic E-state index is 10.8. The molecule has 0 unspecified atom stereocenters. The van der Waals surface area contributed by atoms with E-state index in [9.17, 15) is 4.79 Å². The van der Waals surface area contributed by atoms with Crippen molar-refractivity contribution in [1.82, 2.24) is 9.97 Å².